The summed E-state index contributed by atoms with van der Waals surface area (Å²) in [4.78, 5) is 11.4. The average molecular weight is 238 g/mol. The zero-order chi connectivity index (χ0) is 12.7. The molecule has 1 unspecified atom stereocenters. The van der Waals surface area contributed by atoms with Crippen LogP contribution in [0.4, 0.5) is 4.39 Å². The molecule has 1 rings (SSSR count). The molecular weight excluding hydrogens is 219 g/mol. The van der Waals surface area contributed by atoms with Crippen molar-refractivity contribution in [1.82, 2.24) is 10.6 Å². The second-order valence-corrected chi connectivity index (χ2v) is 4.01. The Hall–Kier alpha value is -1.42. The molecule has 0 heterocycles. The monoisotopic (exact) mass is 238 g/mol. The SMILES string of the molecule is CCCNC(=O)CNC(C)c1cccc(F)c1. The van der Waals surface area contributed by atoms with Crippen LogP contribution in [0, 0.1) is 5.82 Å². The van der Waals surface area contributed by atoms with Crippen LogP contribution >= 0.6 is 0 Å². The van der Waals surface area contributed by atoms with Crippen LogP contribution in [0.1, 0.15) is 31.9 Å². The van der Waals surface area contributed by atoms with Gasteiger partial charge >= 0.3 is 0 Å². The fourth-order valence-electron chi connectivity index (χ4n) is 1.47. The molecule has 1 atom stereocenters. The second kappa shape index (κ2) is 7.01. The normalized spacial score (nSPS) is 12.2. The molecule has 1 aromatic rings. The van der Waals surface area contributed by atoms with Gasteiger partial charge in [-0.3, -0.25) is 4.79 Å². The van der Waals surface area contributed by atoms with Crippen LogP contribution in [0.15, 0.2) is 24.3 Å². The van der Waals surface area contributed by atoms with Crippen LogP contribution in [0.5, 0.6) is 0 Å². The number of halogens is 1. The minimum Gasteiger partial charge on any atom is -0.355 e. The average Bonchev–Trinajstić information content (AvgIpc) is 2.33. The topological polar surface area (TPSA) is 41.1 Å². The van der Waals surface area contributed by atoms with Crippen molar-refractivity contribution in [3.05, 3.63) is 35.6 Å². The minimum atomic E-state index is -0.258. The van der Waals surface area contributed by atoms with Gasteiger partial charge in [0, 0.05) is 12.6 Å². The van der Waals surface area contributed by atoms with E-state index in [1.165, 1.54) is 12.1 Å². The van der Waals surface area contributed by atoms with Gasteiger partial charge in [-0.05, 0) is 31.0 Å². The Morgan fingerprint density at radius 1 is 1.47 bits per heavy atom. The first-order valence-electron chi connectivity index (χ1n) is 5.89. The third kappa shape index (κ3) is 4.95. The smallest absolute Gasteiger partial charge is 0.233 e. The number of nitrogens with one attached hydrogen (secondary N) is 2. The van der Waals surface area contributed by atoms with Crippen molar-refractivity contribution in [2.45, 2.75) is 26.3 Å². The number of benzene rings is 1. The Morgan fingerprint density at radius 3 is 2.88 bits per heavy atom. The highest BCUT2D eigenvalue weighted by atomic mass is 19.1. The summed E-state index contributed by atoms with van der Waals surface area (Å²) in [6.07, 6.45) is 0.922. The molecule has 0 spiro atoms. The lowest BCUT2D eigenvalue weighted by molar-refractivity contribution is -0.120. The predicted molar refractivity (Wildman–Crippen MR) is 66.1 cm³/mol. The zero-order valence-corrected chi connectivity index (χ0v) is 10.3. The molecule has 0 aliphatic heterocycles. The summed E-state index contributed by atoms with van der Waals surface area (Å²) in [5.74, 6) is -0.290. The van der Waals surface area contributed by atoms with Crippen LogP contribution in [0.2, 0.25) is 0 Å². The van der Waals surface area contributed by atoms with Gasteiger partial charge in [-0.15, -0.1) is 0 Å². The number of hydrogen-bond acceptors (Lipinski definition) is 2. The Kier molecular flexibility index (Phi) is 5.63. The maximum absolute atomic E-state index is 13.0. The van der Waals surface area contributed by atoms with E-state index in [0.29, 0.717) is 6.54 Å². The van der Waals surface area contributed by atoms with E-state index in [4.69, 9.17) is 0 Å². The summed E-state index contributed by atoms with van der Waals surface area (Å²) in [7, 11) is 0. The molecule has 0 saturated carbocycles. The number of carbonyl (C=O) groups excluding carboxylic acids is 1. The van der Waals surface area contributed by atoms with Crippen LogP contribution in [-0.4, -0.2) is 19.0 Å². The highest BCUT2D eigenvalue weighted by Gasteiger charge is 2.07. The Morgan fingerprint density at radius 2 is 2.24 bits per heavy atom. The largest absolute Gasteiger partial charge is 0.355 e. The molecule has 0 saturated heterocycles. The van der Waals surface area contributed by atoms with Gasteiger partial charge in [-0.1, -0.05) is 19.1 Å². The molecular formula is C13H19FN2O. The number of hydrogen-bond donors (Lipinski definition) is 2. The lowest BCUT2D eigenvalue weighted by Crippen LogP contribution is -2.35. The van der Waals surface area contributed by atoms with Gasteiger partial charge < -0.3 is 10.6 Å². The maximum atomic E-state index is 13.0. The van der Waals surface area contributed by atoms with Gasteiger partial charge in [-0.2, -0.15) is 0 Å². The molecule has 0 aliphatic rings. The van der Waals surface area contributed by atoms with Gasteiger partial charge in [0.25, 0.3) is 0 Å². The molecule has 17 heavy (non-hydrogen) atoms. The van der Waals surface area contributed by atoms with Crippen molar-refractivity contribution in [2.24, 2.45) is 0 Å². The van der Waals surface area contributed by atoms with Crippen molar-refractivity contribution >= 4 is 5.91 Å². The maximum Gasteiger partial charge on any atom is 0.233 e. The molecule has 4 heteroatoms. The molecule has 0 aromatic heterocycles. The van der Waals surface area contributed by atoms with Crippen LogP contribution < -0.4 is 10.6 Å². The fraction of sp³-hybridized carbons (Fsp3) is 0.462. The van der Waals surface area contributed by atoms with Gasteiger partial charge in [-0.25, -0.2) is 4.39 Å². The summed E-state index contributed by atoms with van der Waals surface area (Å²) in [5.41, 5.74) is 0.841. The van der Waals surface area contributed by atoms with Gasteiger partial charge in [0.2, 0.25) is 5.91 Å². The van der Waals surface area contributed by atoms with Crippen LogP contribution in [-0.2, 0) is 4.79 Å². The van der Waals surface area contributed by atoms with Crippen LogP contribution in [0.3, 0.4) is 0 Å². The van der Waals surface area contributed by atoms with Gasteiger partial charge in [0.05, 0.1) is 6.54 Å². The molecule has 0 radical (unpaired) electrons. The first-order valence-corrected chi connectivity index (χ1v) is 5.89. The van der Waals surface area contributed by atoms with E-state index in [-0.39, 0.29) is 24.3 Å². The molecule has 3 nitrogen and oxygen atoms in total. The number of rotatable bonds is 6. The number of carbonyl (C=O) groups is 1. The first-order chi connectivity index (χ1) is 8.13. The Bertz CT molecular complexity index is 368. The molecule has 1 amide bonds. The molecule has 0 fully saturated rings. The molecule has 1 aromatic carbocycles. The van der Waals surface area contributed by atoms with Crippen LogP contribution in [0.25, 0.3) is 0 Å². The second-order valence-electron chi connectivity index (χ2n) is 4.01. The van der Waals surface area contributed by atoms with E-state index in [2.05, 4.69) is 10.6 Å². The zero-order valence-electron chi connectivity index (χ0n) is 10.3. The fourth-order valence-corrected chi connectivity index (χ4v) is 1.47. The lowest BCUT2D eigenvalue weighted by Gasteiger charge is -2.14. The van der Waals surface area contributed by atoms with E-state index in [1.54, 1.807) is 6.07 Å². The molecule has 0 aliphatic carbocycles. The first kappa shape index (κ1) is 13.6. The van der Waals surface area contributed by atoms with E-state index in [0.717, 1.165) is 12.0 Å². The number of amides is 1. The minimum absolute atomic E-state index is 0.0323. The van der Waals surface area contributed by atoms with Crippen molar-refractivity contribution in [3.63, 3.8) is 0 Å². The summed E-state index contributed by atoms with van der Waals surface area (Å²) in [6, 6.07) is 6.34. The van der Waals surface area contributed by atoms with E-state index in [9.17, 15) is 9.18 Å². The van der Waals surface area contributed by atoms with Crippen molar-refractivity contribution in [3.8, 4) is 0 Å². The standard InChI is InChI=1S/C13H19FN2O/c1-3-7-15-13(17)9-16-10(2)11-5-4-6-12(14)8-11/h4-6,8,10,16H,3,7,9H2,1-2H3,(H,15,17). The summed E-state index contributed by atoms with van der Waals surface area (Å²) < 4.78 is 13.0. The highest BCUT2D eigenvalue weighted by molar-refractivity contribution is 5.77. The molecule has 2 N–H and O–H groups in total. The highest BCUT2D eigenvalue weighted by Crippen LogP contribution is 2.12. The third-order valence-electron chi connectivity index (χ3n) is 2.49. The quantitative estimate of drug-likeness (QED) is 0.796. The van der Waals surface area contributed by atoms with Gasteiger partial charge in [0.15, 0.2) is 0 Å². The molecule has 94 valence electrons. The van der Waals surface area contributed by atoms with E-state index in [1.807, 2.05) is 19.9 Å². The van der Waals surface area contributed by atoms with Crippen molar-refractivity contribution in [2.75, 3.05) is 13.1 Å². The Labute approximate surface area is 101 Å². The third-order valence-corrected chi connectivity index (χ3v) is 2.49. The summed E-state index contributed by atoms with van der Waals surface area (Å²) >= 11 is 0. The van der Waals surface area contributed by atoms with Gasteiger partial charge in [0.1, 0.15) is 5.82 Å². The van der Waals surface area contributed by atoms with E-state index >= 15 is 0 Å². The summed E-state index contributed by atoms with van der Waals surface area (Å²) in [6.45, 7) is 4.84. The molecule has 0 bridgehead atoms. The lowest BCUT2D eigenvalue weighted by atomic mass is 10.1. The predicted octanol–water partition coefficient (Wildman–Crippen LogP) is 2.00. The van der Waals surface area contributed by atoms with Crippen molar-refractivity contribution < 1.29 is 9.18 Å². The van der Waals surface area contributed by atoms with E-state index < -0.39 is 0 Å². The van der Waals surface area contributed by atoms with Crippen molar-refractivity contribution in [1.29, 1.82) is 0 Å². The summed E-state index contributed by atoms with van der Waals surface area (Å²) in [5, 5.41) is 5.83. The Balaban J connectivity index is 2.39.